The number of ether oxygens (including phenoxy) is 2. The van der Waals surface area contributed by atoms with Crippen LogP contribution < -0.4 is 15.6 Å². The van der Waals surface area contributed by atoms with Crippen LogP contribution in [0, 0.1) is 0 Å². The first kappa shape index (κ1) is 19.9. The minimum Gasteiger partial charge on any atom is -0.492 e. The fourth-order valence-corrected chi connectivity index (χ4v) is 2.51. The van der Waals surface area contributed by atoms with Crippen LogP contribution in [0.15, 0.2) is 53.0 Å². The van der Waals surface area contributed by atoms with E-state index in [9.17, 15) is 9.59 Å². The van der Waals surface area contributed by atoms with Gasteiger partial charge in [-0.15, -0.1) is 0 Å². The predicted octanol–water partition coefficient (Wildman–Crippen LogP) is 2.87. The van der Waals surface area contributed by atoms with Crippen molar-refractivity contribution in [2.24, 2.45) is 0 Å². The van der Waals surface area contributed by atoms with Gasteiger partial charge >= 0.3 is 0 Å². The van der Waals surface area contributed by atoms with Crippen molar-refractivity contribution >= 4 is 27.7 Å². The Bertz CT molecular complexity index is 738. The third-order valence-corrected chi connectivity index (χ3v) is 3.92. The smallest absolute Gasteiger partial charge is 0.273 e. The van der Waals surface area contributed by atoms with E-state index in [0.29, 0.717) is 24.5 Å². The van der Waals surface area contributed by atoms with Crippen LogP contribution in [0.1, 0.15) is 22.8 Å². The van der Waals surface area contributed by atoms with Gasteiger partial charge in [0.1, 0.15) is 12.4 Å². The van der Waals surface area contributed by atoms with Crippen molar-refractivity contribution in [1.82, 2.24) is 10.9 Å². The first-order chi connectivity index (χ1) is 12.6. The zero-order chi connectivity index (χ0) is 18.8. The molecule has 0 bridgehead atoms. The minimum absolute atomic E-state index is 0.115. The summed E-state index contributed by atoms with van der Waals surface area (Å²) in [4.78, 5) is 23.9. The topological polar surface area (TPSA) is 76.7 Å². The highest BCUT2D eigenvalue weighted by Crippen LogP contribution is 2.23. The van der Waals surface area contributed by atoms with Crippen LogP contribution >= 0.6 is 15.9 Å². The summed E-state index contributed by atoms with van der Waals surface area (Å²) in [5, 5.41) is 0. The van der Waals surface area contributed by atoms with Gasteiger partial charge in [0, 0.05) is 17.5 Å². The van der Waals surface area contributed by atoms with E-state index < -0.39 is 11.8 Å². The summed E-state index contributed by atoms with van der Waals surface area (Å²) in [7, 11) is 0. The molecule has 0 saturated carbocycles. The SMILES string of the molecule is CCOCC(=O)NNC(=O)c1cc(Br)ccc1OCCc1ccccc1. The molecule has 0 aliphatic rings. The molecule has 0 unspecified atom stereocenters. The molecule has 0 fully saturated rings. The van der Waals surface area contributed by atoms with Crippen molar-refractivity contribution < 1.29 is 19.1 Å². The average Bonchev–Trinajstić information content (AvgIpc) is 2.66. The summed E-state index contributed by atoms with van der Waals surface area (Å²) in [6.45, 7) is 2.52. The van der Waals surface area contributed by atoms with Gasteiger partial charge in [0.25, 0.3) is 11.8 Å². The molecule has 138 valence electrons. The van der Waals surface area contributed by atoms with E-state index in [1.807, 2.05) is 30.3 Å². The molecule has 0 aliphatic heterocycles. The third-order valence-electron chi connectivity index (χ3n) is 3.43. The lowest BCUT2D eigenvalue weighted by atomic mass is 10.1. The summed E-state index contributed by atoms with van der Waals surface area (Å²) < 4.78 is 11.5. The van der Waals surface area contributed by atoms with Crippen LogP contribution in [-0.4, -0.2) is 31.6 Å². The van der Waals surface area contributed by atoms with E-state index in [1.165, 1.54) is 0 Å². The van der Waals surface area contributed by atoms with E-state index in [2.05, 4.69) is 26.8 Å². The van der Waals surface area contributed by atoms with Gasteiger partial charge in [-0.3, -0.25) is 20.4 Å². The molecule has 2 amide bonds. The second kappa shape index (κ2) is 10.6. The van der Waals surface area contributed by atoms with Crippen molar-refractivity contribution in [3.05, 3.63) is 64.1 Å². The Morgan fingerprint density at radius 3 is 2.58 bits per heavy atom. The number of carbonyl (C=O) groups is 2. The number of nitrogens with one attached hydrogen (secondary N) is 2. The second-order valence-corrected chi connectivity index (χ2v) is 6.28. The van der Waals surface area contributed by atoms with Crippen molar-refractivity contribution in [3.63, 3.8) is 0 Å². The molecule has 0 aliphatic carbocycles. The van der Waals surface area contributed by atoms with Gasteiger partial charge in [0.15, 0.2) is 0 Å². The highest BCUT2D eigenvalue weighted by Gasteiger charge is 2.14. The van der Waals surface area contributed by atoms with E-state index in [0.717, 1.165) is 16.5 Å². The Morgan fingerprint density at radius 1 is 1.08 bits per heavy atom. The molecule has 0 atom stereocenters. The van der Waals surface area contributed by atoms with E-state index in [1.54, 1.807) is 25.1 Å². The van der Waals surface area contributed by atoms with Gasteiger partial charge in [-0.1, -0.05) is 46.3 Å². The number of hydrazine groups is 1. The molecule has 2 N–H and O–H groups in total. The Morgan fingerprint density at radius 2 is 1.85 bits per heavy atom. The first-order valence-corrected chi connectivity index (χ1v) is 9.02. The standard InChI is InChI=1S/C19H21BrN2O4/c1-2-25-13-18(23)21-22-19(24)16-12-15(20)8-9-17(16)26-11-10-14-6-4-3-5-7-14/h3-9,12H,2,10-11,13H2,1H3,(H,21,23)(H,22,24). The molecular weight excluding hydrogens is 400 g/mol. The molecule has 2 rings (SSSR count). The van der Waals surface area contributed by atoms with Crippen LogP contribution in [0.25, 0.3) is 0 Å². The van der Waals surface area contributed by atoms with E-state index in [-0.39, 0.29) is 6.61 Å². The lowest BCUT2D eigenvalue weighted by Crippen LogP contribution is -2.43. The van der Waals surface area contributed by atoms with E-state index >= 15 is 0 Å². The third kappa shape index (κ3) is 6.50. The van der Waals surface area contributed by atoms with Gasteiger partial charge in [-0.05, 0) is 30.7 Å². The Kier molecular flexibility index (Phi) is 8.11. The average molecular weight is 421 g/mol. The first-order valence-electron chi connectivity index (χ1n) is 8.23. The number of carbonyl (C=O) groups excluding carboxylic acids is 2. The molecular formula is C19H21BrN2O4. The Hall–Kier alpha value is -2.38. The second-order valence-electron chi connectivity index (χ2n) is 5.36. The van der Waals surface area contributed by atoms with Crippen LogP contribution in [0.2, 0.25) is 0 Å². The molecule has 7 heteroatoms. The maximum Gasteiger partial charge on any atom is 0.273 e. The fraction of sp³-hybridized carbons (Fsp3) is 0.263. The molecule has 0 spiro atoms. The number of halogens is 1. The molecule has 0 heterocycles. The summed E-state index contributed by atoms with van der Waals surface area (Å²) >= 11 is 3.34. The quantitative estimate of drug-likeness (QED) is 0.643. The monoisotopic (exact) mass is 420 g/mol. The number of hydrogen-bond acceptors (Lipinski definition) is 4. The van der Waals surface area contributed by atoms with Crippen molar-refractivity contribution in [2.45, 2.75) is 13.3 Å². The van der Waals surface area contributed by atoms with Crippen LogP contribution in [0.5, 0.6) is 5.75 Å². The van der Waals surface area contributed by atoms with Gasteiger partial charge in [-0.25, -0.2) is 0 Å². The molecule has 0 radical (unpaired) electrons. The summed E-state index contributed by atoms with van der Waals surface area (Å²) in [5.74, 6) is -0.451. The van der Waals surface area contributed by atoms with Crippen molar-refractivity contribution in [1.29, 1.82) is 0 Å². The highest BCUT2D eigenvalue weighted by atomic mass is 79.9. The summed E-state index contributed by atoms with van der Waals surface area (Å²) in [5.41, 5.74) is 6.15. The van der Waals surface area contributed by atoms with Gasteiger partial charge in [0.05, 0.1) is 12.2 Å². The van der Waals surface area contributed by atoms with Gasteiger partial charge < -0.3 is 9.47 Å². The Labute approximate surface area is 161 Å². The Balaban J connectivity index is 1.95. The minimum atomic E-state index is -0.467. The maximum atomic E-state index is 12.4. The number of rotatable bonds is 8. The molecule has 2 aromatic rings. The van der Waals surface area contributed by atoms with Crippen LogP contribution in [0.3, 0.4) is 0 Å². The zero-order valence-corrected chi connectivity index (χ0v) is 16.0. The van der Waals surface area contributed by atoms with Crippen LogP contribution in [-0.2, 0) is 16.0 Å². The number of amides is 2. The van der Waals surface area contributed by atoms with Gasteiger partial charge in [-0.2, -0.15) is 0 Å². The lowest BCUT2D eigenvalue weighted by Gasteiger charge is -2.13. The van der Waals surface area contributed by atoms with Crippen LogP contribution in [0.4, 0.5) is 0 Å². The number of hydrogen-bond donors (Lipinski definition) is 2. The van der Waals surface area contributed by atoms with Crippen molar-refractivity contribution in [3.8, 4) is 5.75 Å². The molecule has 0 saturated heterocycles. The zero-order valence-electron chi connectivity index (χ0n) is 14.5. The largest absolute Gasteiger partial charge is 0.492 e. The highest BCUT2D eigenvalue weighted by molar-refractivity contribution is 9.10. The normalized spacial score (nSPS) is 10.2. The molecule has 6 nitrogen and oxygen atoms in total. The summed E-state index contributed by atoms with van der Waals surface area (Å²) in [6.07, 6.45) is 0.725. The van der Waals surface area contributed by atoms with Gasteiger partial charge in [0.2, 0.25) is 0 Å². The van der Waals surface area contributed by atoms with Crippen molar-refractivity contribution in [2.75, 3.05) is 19.8 Å². The predicted molar refractivity (Wildman–Crippen MR) is 102 cm³/mol. The lowest BCUT2D eigenvalue weighted by molar-refractivity contribution is -0.126. The fourth-order valence-electron chi connectivity index (χ4n) is 2.15. The summed E-state index contributed by atoms with van der Waals surface area (Å²) in [6, 6.07) is 15.1. The molecule has 0 aromatic heterocycles. The molecule has 26 heavy (non-hydrogen) atoms. The number of benzene rings is 2. The van der Waals surface area contributed by atoms with E-state index in [4.69, 9.17) is 9.47 Å². The maximum absolute atomic E-state index is 12.4. The molecule has 2 aromatic carbocycles.